The summed E-state index contributed by atoms with van der Waals surface area (Å²) < 4.78 is 0. The molecule has 0 bridgehead atoms. The number of hydrogen-bond donors (Lipinski definition) is 1. The van der Waals surface area contributed by atoms with Crippen molar-refractivity contribution in [3.8, 4) is 0 Å². The van der Waals surface area contributed by atoms with Gasteiger partial charge < -0.3 is 5.32 Å². The molecule has 1 saturated carbocycles. The van der Waals surface area contributed by atoms with Gasteiger partial charge in [-0.25, -0.2) is 0 Å². The normalized spacial score (nSPS) is 18.0. The Morgan fingerprint density at radius 1 is 1.35 bits per heavy atom. The fourth-order valence-electron chi connectivity index (χ4n) is 2.36. The van der Waals surface area contributed by atoms with Gasteiger partial charge in [-0.1, -0.05) is 37.1 Å². The Morgan fingerprint density at radius 3 is 2.65 bits per heavy atom. The molecule has 1 atom stereocenters. The maximum atomic E-state index is 12.0. The summed E-state index contributed by atoms with van der Waals surface area (Å²) in [5.41, 5.74) is 1.97. The van der Waals surface area contributed by atoms with E-state index in [9.17, 15) is 4.79 Å². The molecule has 0 radical (unpaired) electrons. The molecule has 0 heterocycles. The topological polar surface area (TPSA) is 29.1 Å². The average molecular weight is 252 g/mol. The van der Waals surface area contributed by atoms with Gasteiger partial charge in [-0.2, -0.15) is 0 Å². The molecule has 0 saturated heterocycles. The van der Waals surface area contributed by atoms with Gasteiger partial charge in [0.2, 0.25) is 5.91 Å². The second kappa shape index (κ2) is 5.54. The van der Waals surface area contributed by atoms with Gasteiger partial charge in [0.25, 0.3) is 0 Å². The van der Waals surface area contributed by atoms with E-state index in [1.54, 1.807) is 0 Å². The lowest BCUT2D eigenvalue weighted by Crippen LogP contribution is -2.35. The van der Waals surface area contributed by atoms with Crippen LogP contribution in [0.5, 0.6) is 0 Å². The van der Waals surface area contributed by atoms with E-state index in [0.717, 1.165) is 24.0 Å². The third-order valence-corrected chi connectivity index (χ3v) is 3.83. The molecule has 0 aromatic heterocycles. The smallest absolute Gasteiger partial charge is 0.242 e. The molecule has 0 spiro atoms. The van der Waals surface area contributed by atoms with Crippen molar-refractivity contribution in [2.24, 2.45) is 0 Å². The molecule has 17 heavy (non-hydrogen) atoms. The summed E-state index contributed by atoms with van der Waals surface area (Å²) >= 11 is 6.23. The van der Waals surface area contributed by atoms with E-state index in [1.165, 1.54) is 12.8 Å². The van der Waals surface area contributed by atoms with Crippen molar-refractivity contribution >= 4 is 17.5 Å². The number of benzene rings is 1. The van der Waals surface area contributed by atoms with E-state index >= 15 is 0 Å². The molecular weight excluding hydrogens is 234 g/mol. The number of carbonyl (C=O) groups is 1. The Balaban J connectivity index is 2.01. The largest absolute Gasteiger partial charge is 0.352 e. The van der Waals surface area contributed by atoms with Crippen molar-refractivity contribution < 1.29 is 4.79 Å². The Kier molecular flexibility index (Phi) is 4.06. The van der Waals surface area contributed by atoms with Gasteiger partial charge in [0.1, 0.15) is 5.38 Å². The lowest BCUT2D eigenvalue weighted by atomic mass is 10.0. The highest BCUT2D eigenvalue weighted by Crippen LogP contribution is 2.25. The molecule has 1 N–H and O–H groups in total. The van der Waals surface area contributed by atoms with E-state index in [-0.39, 0.29) is 5.91 Å². The van der Waals surface area contributed by atoms with Crippen molar-refractivity contribution in [3.05, 3.63) is 35.4 Å². The molecule has 1 unspecified atom stereocenters. The molecular formula is C14H18ClNO. The van der Waals surface area contributed by atoms with Crippen LogP contribution in [0.4, 0.5) is 0 Å². The molecule has 2 nitrogen and oxygen atoms in total. The van der Waals surface area contributed by atoms with Crippen LogP contribution in [0.15, 0.2) is 24.3 Å². The summed E-state index contributed by atoms with van der Waals surface area (Å²) in [4.78, 5) is 12.0. The van der Waals surface area contributed by atoms with Crippen LogP contribution < -0.4 is 5.32 Å². The summed E-state index contributed by atoms with van der Waals surface area (Å²) in [6.07, 6.45) is 4.59. The maximum absolute atomic E-state index is 12.0. The zero-order valence-electron chi connectivity index (χ0n) is 10.1. The number of carbonyl (C=O) groups excluding carboxylic acids is 1. The van der Waals surface area contributed by atoms with Crippen LogP contribution in [-0.4, -0.2) is 11.9 Å². The zero-order chi connectivity index (χ0) is 12.3. The first-order chi connectivity index (χ1) is 8.18. The van der Waals surface area contributed by atoms with Crippen LogP contribution in [0.3, 0.4) is 0 Å². The van der Waals surface area contributed by atoms with E-state index in [2.05, 4.69) is 5.32 Å². The number of nitrogens with one attached hydrogen (secondary N) is 1. The molecule has 3 heteroatoms. The van der Waals surface area contributed by atoms with Crippen LogP contribution in [0, 0.1) is 6.92 Å². The molecule has 2 rings (SSSR count). The average Bonchev–Trinajstić information content (AvgIpc) is 2.81. The van der Waals surface area contributed by atoms with Crippen molar-refractivity contribution in [1.29, 1.82) is 0 Å². The molecule has 0 aliphatic heterocycles. The Hall–Kier alpha value is -1.02. The molecule has 1 aliphatic carbocycles. The minimum atomic E-state index is -0.572. The number of aryl methyl sites for hydroxylation is 1. The van der Waals surface area contributed by atoms with Gasteiger partial charge in [0.15, 0.2) is 0 Å². The number of hydrogen-bond acceptors (Lipinski definition) is 1. The third-order valence-electron chi connectivity index (χ3n) is 3.39. The highest BCUT2D eigenvalue weighted by atomic mass is 35.5. The first kappa shape index (κ1) is 12.4. The van der Waals surface area contributed by atoms with Crippen LogP contribution >= 0.6 is 11.6 Å². The summed E-state index contributed by atoms with van der Waals surface area (Å²) in [6.45, 7) is 1.98. The van der Waals surface area contributed by atoms with E-state index in [4.69, 9.17) is 11.6 Å². The summed E-state index contributed by atoms with van der Waals surface area (Å²) in [6, 6.07) is 8.10. The van der Waals surface area contributed by atoms with Gasteiger partial charge >= 0.3 is 0 Å². The van der Waals surface area contributed by atoms with E-state index < -0.39 is 5.38 Å². The van der Waals surface area contributed by atoms with Crippen molar-refractivity contribution in [2.75, 3.05) is 0 Å². The zero-order valence-corrected chi connectivity index (χ0v) is 10.8. The van der Waals surface area contributed by atoms with Crippen LogP contribution in [0.25, 0.3) is 0 Å². The van der Waals surface area contributed by atoms with Crippen molar-refractivity contribution in [1.82, 2.24) is 5.32 Å². The fourth-order valence-corrected chi connectivity index (χ4v) is 2.66. The van der Waals surface area contributed by atoms with Gasteiger partial charge in [0, 0.05) is 6.04 Å². The van der Waals surface area contributed by atoms with E-state index in [1.807, 2.05) is 31.2 Å². The predicted molar refractivity (Wildman–Crippen MR) is 70.2 cm³/mol. The number of rotatable bonds is 3. The SMILES string of the molecule is Cc1ccccc1C(Cl)C(=O)NC1CCCC1. The lowest BCUT2D eigenvalue weighted by Gasteiger charge is -2.16. The quantitative estimate of drug-likeness (QED) is 0.821. The number of halogens is 1. The molecule has 1 aliphatic rings. The summed E-state index contributed by atoms with van der Waals surface area (Å²) in [5.74, 6) is -0.0622. The Morgan fingerprint density at radius 2 is 2.00 bits per heavy atom. The maximum Gasteiger partial charge on any atom is 0.242 e. The molecule has 1 fully saturated rings. The monoisotopic (exact) mass is 251 g/mol. The molecule has 1 aromatic rings. The van der Waals surface area contributed by atoms with Crippen molar-refractivity contribution in [3.63, 3.8) is 0 Å². The van der Waals surface area contributed by atoms with Gasteiger partial charge in [-0.05, 0) is 30.9 Å². The Labute approximate surface area is 107 Å². The Bertz CT molecular complexity index is 399. The van der Waals surface area contributed by atoms with Gasteiger partial charge in [0.05, 0.1) is 0 Å². The highest BCUT2D eigenvalue weighted by Gasteiger charge is 2.23. The van der Waals surface area contributed by atoms with Crippen molar-refractivity contribution in [2.45, 2.75) is 44.0 Å². The minimum Gasteiger partial charge on any atom is -0.352 e. The van der Waals surface area contributed by atoms with Crippen LogP contribution in [0.1, 0.15) is 42.2 Å². The minimum absolute atomic E-state index is 0.0622. The standard InChI is InChI=1S/C14H18ClNO/c1-10-6-2-5-9-12(10)13(15)14(17)16-11-7-3-4-8-11/h2,5-6,9,11,13H,3-4,7-8H2,1H3,(H,16,17). The van der Waals surface area contributed by atoms with Crippen LogP contribution in [0.2, 0.25) is 0 Å². The van der Waals surface area contributed by atoms with Gasteiger partial charge in [-0.15, -0.1) is 11.6 Å². The second-order valence-corrected chi connectivity index (χ2v) is 5.15. The molecule has 1 aromatic carbocycles. The number of amides is 1. The highest BCUT2D eigenvalue weighted by molar-refractivity contribution is 6.30. The summed E-state index contributed by atoms with van der Waals surface area (Å²) in [7, 11) is 0. The third kappa shape index (κ3) is 3.01. The molecule has 1 amide bonds. The van der Waals surface area contributed by atoms with Crippen LogP contribution in [-0.2, 0) is 4.79 Å². The van der Waals surface area contributed by atoms with Gasteiger partial charge in [-0.3, -0.25) is 4.79 Å². The predicted octanol–water partition coefficient (Wildman–Crippen LogP) is 3.33. The lowest BCUT2D eigenvalue weighted by molar-refractivity contribution is -0.121. The summed E-state index contributed by atoms with van der Waals surface area (Å²) in [5, 5.41) is 2.46. The first-order valence-electron chi connectivity index (χ1n) is 6.18. The first-order valence-corrected chi connectivity index (χ1v) is 6.62. The van der Waals surface area contributed by atoms with E-state index in [0.29, 0.717) is 6.04 Å². The molecule has 92 valence electrons. The second-order valence-electron chi connectivity index (χ2n) is 4.71. The fraction of sp³-hybridized carbons (Fsp3) is 0.500. The number of alkyl halides is 1.